The third kappa shape index (κ3) is 3.16. The molecule has 0 heterocycles. The molecule has 0 aromatic heterocycles. The standard InChI is InChI=1S/C13H23NO2S/c1-2-16-12(15)13(14)8-7-11(9-13)17-10-5-3-4-6-10/h10-11H,2-9,14H2,1H3. The maximum absolute atomic E-state index is 11.8. The predicted molar refractivity (Wildman–Crippen MR) is 71.0 cm³/mol. The molecule has 0 aliphatic heterocycles. The van der Waals surface area contributed by atoms with Gasteiger partial charge in [-0.15, -0.1) is 0 Å². The quantitative estimate of drug-likeness (QED) is 0.786. The molecule has 0 bridgehead atoms. The topological polar surface area (TPSA) is 52.3 Å². The van der Waals surface area contributed by atoms with Gasteiger partial charge in [0.1, 0.15) is 5.54 Å². The third-order valence-corrected chi connectivity index (χ3v) is 5.52. The van der Waals surface area contributed by atoms with Crippen molar-refractivity contribution in [2.24, 2.45) is 5.73 Å². The fourth-order valence-electron chi connectivity index (χ4n) is 2.90. The lowest BCUT2D eigenvalue weighted by Crippen LogP contribution is -2.47. The molecule has 0 amide bonds. The van der Waals surface area contributed by atoms with E-state index in [1.165, 1.54) is 25.7 Å². The minimum Gasteiger partial charge on any atom is -0.465 e. The zero-order valence-corrected chi connectivity index (χ0v) is 11.4. The summed E-state index contributed by atoms with van der Waals surface area (Å²) in [5.41, 5.74) is 5.46. The summed E-state index contributed by atoms with van der Waals surface area (Å²) in [6.07, 6.45) is 8.09. The van der Waals surface area contributed by atoms with Crippen molar-refractivity contribution in [3.05, 3.63) is 0 Å². The third-order valence-electron chi connectivity index (χ3n) is 3.87. The van der Waals surface area contributed by atoms with Crippen molar-refractivity contribution in [1.29, 1.82) is 0 Å². The van der Waals surface area contributed by atoms with Crippen molar-refractivity contribution >= 4 is 17.7 Å². The zero-order chi connectivity index (χ0) is 12.3. The first-order valence-electron chi connectivity index (χ1n) is 6.75. The van der Waals surface area contributed by atoms with Crippen LogP contribution in [0.4, 0.5) is 0 Å². The van der Waals surface area contributed by atoms with Crippen LogP contribution in [-0.4, -0.2) is 28.6 Å². The van der Waals surface area contributed by atoms with Crippen molar-refractivity contribution < 1.29 is 9.53 Å². The van der Waals surface area contributed by atoms with Crippen LogP contribution in [0.3, 0.4) is 0 Å². The first-order valence-corrected chi connectivity index (χ1v) is 7.70. The normalized spacial score (nSPS) is 34.1. The van der Waals surface area contributed by atoms with Gasteiger partial charge in [0.05, 0.1) is 6.61 Å². The predicted octanol–water partition coefficient (Wildman–Crippen LogP) is 2.48. The molecule has 0 aromatic carbocycles. The van der Waals surface area contributed by atoms with E-state index < -0.39 is 5.54 Å². The van der Waals surface area contributed by atoms with Gasteiger partial charge in [-0.1, -0.05) is 12.8 Å². The lowest BCUT2D eigenvalue weighted by Gasteiger charge is -2.22. The molecular formula is C13H23NO2S. The van der Waals surface area contributed by atoms with Crippen LogP contribution in [0.15, 0.2) is 0 Å². The van der Waals surface area contributed by atoms with E-state index in [1.54, 1.807) is 0 Å². The molecule has 17 heavy (non-hydrogen) atoms. The summed E-state index contributed by atoms with van der Waals surface area (Å²) in [7, 11) is 0. The highest BCUT2D eigenvalue weighted by Gasteiger charge is 2.44. The Bertz CT molecular complexity index is 279. The van der Waals surface area contributed by atoms with E-state index in [1.807, 2.05) is 6.92 Å². The summed E-state index contributed by atoms with van der Waals surface area (Å²) in [4.78, 5) is 11.8. The molecule has 3 nitrogen and oxygen atoms in total. The Balaban J connectivity index is 1.83. The summed E-state index contributed by atoms with van der Waals surface area (Å²) in [5, 5.41) is 1.37. The van der Waals surface area contributed by atoms with Crippen LogP contribution in [0.25, 0.3) is 0 Å². The Hall–Kier alpha value is -0.220. The number of thioether (sulfide) groups is 1. The monoisotopic (exact) mass is 257 g/mol. The van der Waals surface area contributed by atoms with Crippen LogP contribution in [0, 0.1) is 0 Å². The van der Waals surface area contributed by atoms with Gasteiger partial charge >= 0.3 is 5.97 Å². The number of carbonyl (C=O) groups excluding carboxylic acids is 1. The Labute approximate surface area is 108 Å². The average Bonchev–Trinajstić information content (AvgIpc) is 2.91. The molecule has 2 atom stereocenters. The molecule has 0 aromatic rings. The molecule has 0 saturated heterocycles. The van der Waals surface area contributed by atoms with Crippen LogP contribution in [0.2, 0.25) is 0 Å². The van der Waals surface area contributed by atoms with Gasteiger partial charge in [0, 0.05) is 10.5 Å². The van der Waals surface area contributed by atoms with Crippen molar-refractivity contribution in [2.75, 3.05) is 6.61 Å². The molecule has 2 rings (SSSR count). The van der Waals surface area contributed by atoms with Crippen molar-refractivity contribution in [2.45, 2.75) is 67.9 Å². The van der Waals surface area contributed by atoms with Crippen LogP contribution in [-0.2, 0) is 9.53 Å². The largest absolute Gasteiger partial charge is 0.465 e. The summed E-state index contributed by atoms with van der Waals surface area (Å²) in [6.45, 7) is 2.26. The van der Waals surface area contributed by atoms with E-state index in [9.17, 15) is 4.79 Å². The SMILES string of the molecule is CCOC(=O)C1(N)CCC(SC2CCCC2)C1. The Morgan fingerprint density at radius 1 is 1.35 bits per heavy atom. The lowest BCUT2D eigenvalue weighted by atomic mass is 10.00. The molecule has 0 spiro atoms. The second-order valence-electron chi connectivity index (χ2n) is 5.28. The van der Waals surface area contributed by atoms with Gasteiger partial charge in [0.15, 0.2) is 0 Å². The first kappa shape index (κ1) is 13.2. The number of hydrogen-bond acceptors (Lipinski definition) is 4. The van der Waals surface area contributed by atoms with E-state index >= 15 is 0 Å². The molecule has 0 radical (unpaired) electrons. The molecular weight excluding hydrogens is 234 g/mol. The highest BCUT2D eigenvalue weighted by Crippen LogP contribution is 2.41. The summed E-state index contributed by atoms with van der Waals surface area (Å²) in [5.74, 6) is -0.200. The molecule has 2 N–H and O–H groups in total. The molecule has 2 saturated carbocycles. The maximum atomic E-state index is 11.8. The summed E-state index contributed by atoms with van der Waals surface area (Å²) >= 11 is 2.06. The Morgan fingerprint density at radius 3 is 2.71 bits per heavy atom. The Kier molecular flexibility index (Phi) is 4.36. The van der Waals surface area contributed by atoms with Crippen molar-refractivity contribution in [1.82, 2.24) is 0 Å². The molecule has 98 valence electrons. The number of esters is 1. The van der Waals surface area contributed by atoms with E-state index in [0.717, 1.165) is 24.5 Å². The number of hydrogen-bond donors (Lipinski definition) is 1. The summed E-state index contributed by atoms with van der Waals surface area (Å²) < 4.78 is 5.07. The van der Waals surface area contributed by atoms with Gasteiger partial charge in [-0.25, -0.2) is 0 Å². The fourth-order valence-corrected chi connectivity index (χ4v) is 4.70. The minimum atomic E-state index is -0.702. The lowest BCUT2D eigenvalue weighted by molar-refractivity contribution is -0.149. The number of carbonyl (C=O) groups is 1. The molecule has 2 fully saturated rings. The smallest absolute Gasteiger partial charge is 0.326 e. The van der Waals surface area contributed by atoms with E-state index in [-0.39, 0.29) is 5.97 Å². The number of ether oxygens (including phenoxy) is 1. The first-order chi connectivity index (χ1) is 8.14. The highest BCUT2D eigenvalue weighted by atomic mass is 32.2. The second kappa shape index (κ2) is 5.61. The molecule has 2 aliphatic carbocycles. The average molecular weight is 257 g/mol. The van der Waals surface area contributed by atoms with Crippen LogP contribution < -0.4 is 5.73 Å². The summed E-state index contributed by atoms with van der Waals surface area (Å²) in [6, 6.07) is 0. The zero-order valence-electron chi connectivity index (χ0n) is 10.6. The van der Waals surface area contributed by atoms with Gasteiger partial charge in [-0.05, 0) is 39.0 Å². The van der Waals surface area contributed by atoms with E-state index in [4.69, 9.17) is 10.5 Å². The van der Waals surface area contributed by atoms with Crippen molar-refractivity contribution in [3.8, 4) is 0 Å². The number of rotatable bonds is 4. The van der Waals surface area contributed by atoms with E-state index in [2.05, 4.69) is 11.8 Å². The van der Waals surface area contributed by atoms with Gasteiger partial charge in [-0.2, -0.15) is 11.8 Å². The van der Waals surface area contributed by atoms with Crippen LogP contribution >= 0.6 is 11.8 Å². The number of nitrogens with two attached hydrogens (primary N) is 1. The van der Waals surface area contributed by atoms with Crippen LogP contribution in [0.5, 0.6) is 0 Å². The van der Waals surface area contributed by atoms with Crippen LogP contribution in [0.1, 0.15) is 51.9 Å². The van der Waals surface area contributed by atoms with Gasteiger partial charge in [-0.3, -0.25) is 4.79 Å². The van der Waals surface area contributed by atoms with Gasteiger partial charge in [0.25, 0.3) is 0 Å². The van der Waals surface area contributed by atoms with Gasteiger partial charge in [0.2, 0.25) is 0 Å². The Morgan fingerprint density at radius 2 is 2.06 bits per heavy atom. The van der Waals surface area contributed by atoms with E-state index in [0.29, 0.717) is 11.9 Å². The molecule has 2 aliphatic rings. The fraction of sp³-hybridized carbons (Fsp3) is 0.923. The van der Waals surface area contributed by atoms with Gasteiger partial charge < -0.3 is 10.5 Å². The second-order valence-corrected chi connectivity index (χ2v) is 6.89. The molecule has 4 heteroatoms. The van der Waals surface area contributed by atoms with Crippen molar-refractivity contribution in [3.63, 3.8) is 0 Å². The highest BCUT2D eigenvalue weighted by molar-refractivity contribution is 8.00. The minimum absolute atomic E-state index is 0.200. The maximum Gasteiger partial charge on any atom is 0.326 e. The molecule has 2 unspecified atom stereocenters.